The molecule has 0 radical (unpaired) electrons. The number of piperidine rings is 1. The Balaban J connectivity index is 1.17. The van der Waals surface area contributed by atoms with Crippen LogP contribution in [0.5, 0.6) is 11.5 Å². The Morgan fingerprint density at radius 2 is 1.83 bits per heavy atom. The first-order valence-corrected chi connectivity index (χ1v) is 14.2. The second kappa shape index (κ2) is 9.12. The summed E-state index contributed by atoms with van der Waals surface area (Å²) in [5.74, 6) is 2.13. The first kappa shape index (κ1) is 22.7. The lowest BCUT2D eigenvalue weighted by molar-refractivity contribution is -0.131. The van der Waals surface area contributed by atoms with E-state index >= 15 is 0 Å². The van der Waals surface area contributed by atoms with Gasteiger partial charge in [-0.15, -0.1) is 11.3 Å². The summed E-state index contributed by atoms with van der Waals surface area (Å²) in [5.41, 5.74) is 2.37. The van der Waals surface area contributed by atoms with Crippen molar-refractivity contribution in [3.63, 3.8) is 0 Å². The fourth-order valence-corrected chi connectivity index (χ4v) is 7.91. The average Bonchev–Trinajstić information content (AvgIpc) is 3.63. The number of amides is 1. The second-order valence-electron chi connectivity index (χ2n) is 10.5. The SMILES string of the molecule is O=C1NC(Cc2ccc3c(c2)OCCO3)C(N2CCCC2)C2CN(c3ccc4cc(Cl)sc4c3)CC12. The summed E-state index contributed by atoms with van der Waals surface area (Å²) < 4.78 is 13.6. The van der Waals surface area contributed by atoms with E-state index in [4.69, 9.17) is 21.1 Å². The minimum absolute atomic E-state index is 0.00902. The van der Waals surface area contributed by atoms with Gasteiger partial charge in [-0.2, -0.15) is 0 Å². The molecule has 3 aromatic rings. The predicted octanol–water partition coefficient (Wildman–Crippen LogP) is 4.58. The maximum absolute atomic E-state index is 13.4. The molecule has 8 heteroatoms. The zero-order chi connectivity index (χ0) is 24.2. The van der Waals surface area contributed by atoms with E-state index in [2.05, 4.69) is 45.4 Å². The summed E-state index contributed by atoms with van der Waals surface area (Å²) in [6, 6.07) is 15.2. The summed E-state index contributed by atoms with van der Waals surface area (Å²) in [6.07, 6.45) is 3.27. The summed E-state index contributed by atoms with van der Waals surface area (Å²) in [5, 5.41) is 4.63. The number of benzene rings is 2. The molecule has 0 saturated carbocycles. The number of likely N-dealkylation sites (tertiary alicyclic amines) is 1. The van der Waals surface area contributed by atoms with E-state index in [1.165, 1.54) is 34.2 Å². The summed E-state index contributed by atoms with van der Waals surface area (Å²) in [6.45, 7) is 5.07. The number of nitrogens with one attached hydrogen (secondary N) is 1. The van der Waals surface area contributed by atoms with Crippen molar-refractivity contribution in [1.29, 1.82) is 0 Å². The van der Waals surface area contributed by atoms with Crippen molar-refractivity contribution in [2.45, 2.75) is 31.3 Å². The number of halogens is 1. The largest absolute Gasteiger partial charge is 0.486 e. The Morgan fingerprint density at radius 3 is 2.69 bits per heavy atom. The molecule has 3 fully saturated rings. The van der Waals surface area contributed by atoms with Gasteiger partial charge in [0.05, 0.1) is 10.3 Å². The molecule has 4 unspecified atom stereocenters. The highest BCUT2D eigenvalue weighted by Crippen LogP contribution is 2.40. The van der Waals surface area contributed by atoms with E-state index in [0.717, 1.165) is 48.4 Å². The van der Waals surface area contributed by atoms with Crippen LogP contribution in [0.25, 0.3) is 10.1 Å². The Morgan fingerprint density at radius 1 is 1.00 bits per heavy atom. The molecule has 4 atom stereocenters. The smallest absolute Gasteiger partial charge is 0.225 e. The lowest BCUT2D eigenvalue weighted by Crippen LogP contribution is -2.63. The lowest BCUT2D eigenvalue weighted by atomic mass is 9.78. The van der Waals surface area contributed by atoms with Crippen molar-refractivity contribution >= 4 is 44.6 Å². The van der Waals surface area contributed by atoms with E-state index in [1.54, 1.807) is 11.3 Å². The van der Waals surface area contributed by atoms with Crippen LogP contribution in [-0.2, 0) is 11.2 Å². The number of rotatable bonds is 4. The third-order valence-corrected chi connectivity index (χ3v) is 9.57. The van der Waals surface area contributed by atoms with Crippen molar-refractivity contribution in [1.82, 2.24) is 10.2 Å². The second-order valence-corrected chi connectivity index (χ2v) is 12.2. The van der Waals surface area contributed by atoms with E-state index in [0.29, 0.717) is 25.2 Å². The Kier molecular flexibility index (Phi) is 5.75. The van der Waals surface area contributed by atoms with Gasteiger partial charge in [-0.3, -0.25) is 9.69 Å². The van der Waals surface area contributed by atoms with E-state index in [1.807, 2.05) is 12.1 Å². The van der Waals surface area contributed by atoms with Crippen LogP contribution in [0.2, 0.25) is 4.34 Å². The molecule has 0 aliphatic carbocycles. The minimum atomic E-state index is 0.00902. The standard InChI is InChI=1S/C28H30ClN3O3S/c29-26-13-18-4-5-19(14-25(18)36-26)32-15-20-21(16-32)28(33)30-22(27(20)31-7-1-2-8-31)11-17-3-6-23-24(12-17)35-10-9-34-23/h3-6,12-14,20-22,27H,1-2,7-11,15-16H2,(H,30,33). The molecule has 4 aliphatic heterocycles. The number of hydrogen-bond acceptors (Lipinski definition) is 6. The molecule has 6 nitrogen and oxygen atoms in total. The zero-order valence-electron chi connectivity index (χ0n) is 20.1. The Bertz CT molecular complexity index is 1310. The molecule has 4 aliphatic rings. The molecule has 2 aromatic carbocycles. The minimum Gasteiger partial charge on any atom is -0.486 e. The number of ether oxygens (including phenoxy) is 2. The van der Waals surface area contributed by atoms with Gasteiger partial charge in [-0.05, 0) is 73.6 Å². The first-order chi connectivity index (χ1) is 17.6. The lowest BCUT2D eigenvalue weighted by Gasteiger charge is -2.44. The van der Waals surface area contributed by atoms with Gasteiger partial charge >= 0.3 is 0 Å². The number of thiophene rings is 1. The van der Waals surface area contributed by atoms with Crippen LogP contribution in [-0.4, -0.2) is 62.3 Å². The van der Waals surface area contributed by atoms with Crippen LogP contribution in [0.1, 0.15) is 18.4 Å². The van der Waals surface area contributed by atoms with E-state index in [9.17, 15) is 4.79 Å². The van der Waals surface area contributed by atoms with Crippen molar-refractivity contribution < 1.29 is 14.3 Å². The van der Waals surface area contributed by atoms with Crippen molar-refractivity contribution in [2.24, 2.45) is 11.8 Å². The number of nitrogens with zero attached hydrogens (tertiary/aromatic N) is 2. The van der Waals surface area contributed by atoms with Crippen molar-refractivity contribution in [3.8, 4) is 11.5 Å². The van der Waals surface area contributed by atoms with E-state index in [-0.39, 0.29) is 17.9 Å². The van der Waals surface area contributed by atoms with Gasteiger partial charge in [-0.1, -0.05) is 23.7 Å². The number of fused-ring (bicyclic) bond motifs is 3. The van der Waals surface area contributed by atoms with Crippen LogP contribution in [0.3, 0.4) is 0 Å². The van der Waals surface area contributed by atoms with Gasteiger partial charge < -0.3 is 19.7 Å². The van der Waals surface area contributed by atoms with Crippen LogP contribution < -0.4 is 19.7 Å². The fourth-order valence-electron chi connectivity index (χ4n) is 6.73. The summed E-state index contributed by atoms with van der Waals surface area (Å²) in [7, 11) is 0. The molecule has 36 heavy (non-hydrogen) atoms. The molecule has 1 aromatic heterocycles. The Labute approximate surface area is 220 Å². The molecule has 7 rings (SSSR count). The third kappa shape index (κ3) is 4.01. The molecule has 0 spiro atoms. The molecule has 1 amide bonds. The quantitative estimate of drug-likeness (QED) is 0.542. The maximum atomic E-state index is 13.4. The molecule has 188 valence electrons. The fraction of sp³-hybridized carbons (Fsp3) is 0.464. The number of carbonyl (C=O) groups excluding carboxylic acids is 1. The highest BCUT2D eigenvalue weighted by atomic mass is 35.5. The van der Waals surface area contributed by atoms with Gasteiger partial charge in [0.15, 0.2) is 11.5 Å². The normalized spacial score (nSPS) is 27.9. The molecule has 1 N–H and O–H groups in total. The summed E-state index contributed by atoms with van der Waals surface area (Å²) >= 11 is 7.87. The van der Waals surface area contributed by atoms with Crippen LogP contribution >= 0.6 is 22.9 Å². The number of carbonyl (C=O) groups is 1. The molecular weight excluding hydrogens is 494 g/mol. The highest BCUT2D eigenvalue weighted by molar-refractivity contribution is 7.22. The monoisotopic (exact) mass is 523 g/mol. The first-order valence-electron chi connectivity index (χ1n) is 13.0. The summed E-state index contributed by atoms with van der Waals surface area (Å²) in [4.78, 5) is 18.5. The number of anilines is 1. The molecule has 0 bridgehead atoms. The molecular formula is C28H30ClN3O3S. The predicted molar refractivity (Wildman–Crippen MR) is 144 cm³/mol. The van der Waals surface area contributed by atoms with Crippen molar-refractivity contribution in [2.75, 3.05) is 44.3 Å². The topological polar surface area (TPSA) is 54.0 Å². The van der Waals surface area contributed by atoms with Gasteiger partial charge in [0.25, 0.3) is 0 Å². The highest BCUT2D eigenvalue weighted by Gasteiger charge is 2.51. The van der Waals surface area contributed by atoms with Gasteiger partial charge in [0.1, 0.15) is 13.2 Å². The van der Waals surface area contributed by atoms with Crippen LogP contribution in [0.4, 0.5) is 5.69 Å². The average molecular weight is 524 g/mol. The Hall–Kier alpha value is -2.48. The van der Waals surface area contributed by atoms with E-state index < -0.39 is 0 Å². The maximum Gasteiger partial charge on any atom is 0.225 e. The van der Waals surface area contributed by atoms with Crippen LogP contribution in [0, 0.1) is 11.8 Å². The van der Waals surface area contributed by atoms with Gasteiger partial charge in [-0.25, -0.2) is 0 Å². The van der Waals surface area contributed by atoms with Gasteiger partial charge in [0, 0.05) is 41.5 Å². The number of hydrogen-bond donors (Lipinski definition) is 1. The van der Waals surface area contributed by atoms with Crippen molar-refractivity contribution in [3.05, 3.63) is 52.4 Å². The molecule has 3 saturated heterocycles. The van der Waals surface area contributed by atoms with Crippen LogP contribution in [0.15, 0.2) is 42.5 Å². The third-order valence-electron chi connectivity index (χ3n) is 8.34. The molecule has 5 heterocycles. The van der Waals surface area contributed by atoms with Gasteiger partial charge in [0.2, 0.25) is 5.91 Å². The zero-order valence-corrected chi connectivity index (χ0v) is 21.7.